The summed E-state index contributed by atoms with van der Waals surface area (Å²) in [5.41, 5.74) is 0.0877. The quantitative estimate of drug-likeness (QED) is 0.835. The standard InChI is InChI=1S/C15H18N2O4/c1-9(18)17(20-4)13-11-7-10(8-16)5-6-12(11)21-15(2,3)14(13)19/h5-7,13-14,19H,1-4H3/t13-,14+/m0/s1. The highest BCUT2D eigenvalue weighted by Gasteiger charge is 2.46. The van der Waals surface area contributed by atoms with Gasteiger partial charge in [-0.25, -0.2) is 5.06 Å². The molecule has 1 N–H and O–H groups in total. The third-order valence-electron chi connectivity index (χ3n) is 3.60. The number of ether oxygens (including phenoxy) is 1. The van der Waals surface area contributed by atoms with Gasteiger partial charge in [-0.2, -0.15) is 5.26 Å². The number of carbonyl (C=O) groups excluding carboxylic acids is 1. The molecule has 0 fully saturated rings. The highest BCUT2D eigenvalue weighted by Crippen LogP contribution is 2.43. The lowest BCUT2D eigenvalue weighted by atomic mass is 9.85. The fourth-order valence-corrected chi connectivity index (χ4v) is 2.53. The van der Waals surface area contributed by atoms with Crippen molar-refractivity contribution in [3.63, 3.8) is 0 Å². The van der Waals surface area contributed by atoms with Crippen molar-refractivity contribution in [1.82, 2.24) is 5.06 Å². The molecule has 0 saturated carbocycles. The molecule has 1 amide bonds. The molecular formula is C15H18N2O4. The maximum Gasteiger partial charge on any atom is 0.243 e. The molecule has 21 heavy (non-hydrogen) atoms. The lowest BCUT2D eigenvalue weighted by Gasteiger charge is -2.44. The monoisotopic (exact) mass is 290 g/mol. The van der Waals surface area contributed by atoms with Crippen molar-refractivity contribution < 1.29 is 19.5 Å². The minimum atomic E-state index is -0.997. The molecule has 2 atom stereocenters. The second-order valence-corrected chi connectivity index (χ2v) is 5.49. The number of fused-ring (bicyclic) bond motifs is 1. The highest BCUT2D eigenvalue weighted by atomic mass is 16.7. The molecule has 0 radical (unpaired) electrons. The second kappa shape index (κ2) is 5.35. The van der Waals surface area contributed by atoms with Gasteiger partial charge in [-0.3, -0.25) is 9.63 Å². The lowest BCUT2D eigenvalue weighted by molar-refractivity contribution is -0.215. The molecular weight excluding hydrogens is 272 g/mol. The molecule has 0 aliphatic carbocycles. The summed E-state index contributed by atoms with van der Waals surface area (Å²) < 4.78 is 5.78. The zero-order valence-corrected chi connectivity index (χ0v) is 12.5. The van der Waals surface area contributed by atoms with Crippen LogP contribution in [-0.2, 0) is 9.63 Å². The van der Waals surface area contributed by atoms with Crippen molar-refractivity contribution in [3.05, 3.63) is 29.3 Å². The number of aliphatic hydroxyl groups excluding tert-OH is 1. The minimum absolute atomic E-state index is 0.340. The van der Waals surface area contributed by atoms with Gasteiger partial charge in [0.05, 0.1) is 18.7 Å². The van der Waals surface area contributed by atoms with Crippen molar-refractivity contribution in [2.45, 2.75) is 38.5 Å². The normalized spacial score (nSPS) is 22.7. The Kier molecular flexibility index (Phi) is 3.90. The summed E-state index contributed by atoms with van der Waals surface area (Å²) in [4.78, 5) is 16.9. The first-order valence-electron chi connectivity index (χ1n) is 6.57. The maximum absolute atomic E-state index is 11.8. The van der Waals surface area contributed by atoms with E-state index in [2.05, 4.69) is 0 Å². The Hall–Kier alpha value is -2.10. The predicted octanol–water partition coefficient (Wildman–Crippen LogP) is 1.54. The van der Waals surface area contributed by atoms with Crippen molar-refractivity contribution in [2.75, 3.05) is 7.11 Å². The molecule has 1 aromatic carbocycles. The van der Waals surface area contributed by atoms with Crippen LogP contribution < -0.4 is 4.74 Å². The number of nitrogens with zero attached hydrogens (tertiary/aromatic N) is 2. The zero-order chi connectivity index (χ0) is 15.8. The number of aliphatic hydroxyl groups is 1. The van der Waals surface area contributed by atoms with Gasteiger partial charge in [0.15, 0.2) is 0 Å². The number of carbonyl (C=O) groups is 1. The zero-order valence-electron chi connectivity index (χ0n) is 12.5. The molecule has 1 aliphatic rings. The maximum atomic E-state index is 11.8. The van der Waals surface area contributed by atoms with E-state index < -0.39 is 17.7 Å². The molecule has 112 valence electrons. The molecule has 1 heterocycles. The number of benzene rings is 1. The molecule has 6 nitrogen and oxygen atoms in total. The van der Waals surface area contributed by atoms with E-state index in [1.165, 1.54) is 14.0 Å². The van der Waals surface area contributed by atoms with Crippen LogP contribution in [0.2, 0.25) is 0 Å². The first-order valence-corrected chi connectivity index (χ1v) is 6.57. The SMILES string of the molecule is CON(C(C)=O)[C@H]1c2cc(C#N)ccc2OC(C)(C)[C@@H]1O. The highest BCUT2D eigenvalue weighted by molar-refractivity contribution is 5.73. The van der Waals surface area contributed by atoms with E-state index in [-0.39, 0.29) is 5.91 Å². The van der Waals surface area contributed by atoms with Crippen LogP contribution in [0, 0.1) is 11.3 Å². The van der Waals surface area contributed by atoms with Crippen LogP contribution in [0.4, 0.5) is 0 Å². The Morgan fingerprint density at radius 1 is 1.52 bits per heavy atom. The van der Waals surface area contributed by atoms with Crippen LogP contribution in [0.15, 0.2) is 18.2 Å². The number of hydrogen-bond donors (Lipinski definition) is 1. The summed E-state index contributed by atoms with van der Waals surface area (Å²) in [7, 11) is 1.37. The number of nitriles is 1. The average molecular weight is 290 g/mol. The van der Waals surface area contributed by atoms with Crippen molar-refractivity contribution >= 4 is 5.91 Å². The number of amides is 1. The third-order valence-corrected chi connectivity index (χ3v) is 3.60. The second-order valence-electron chi connectivity index (χ2n) is 5.49. The molecule has 0 spiro atoms. The van der Waals surface area contributed by atoms with E-state index in [0.717, 1.165) is 5.06 Å². The molecule has 0 unspecified atom stereocenters. The largest absolute Gasteiger partial charge is 0.485 e. The molecule has 1 aromatic rings. The summed E-state index contributed by atoms with van der Waals surface area (Å²) in [6, 6.07) is 6.21. The van der Waals surface area contributed by atoms with Gasteiger partial charge in [0.1, 0.15) is 23.5 Å². The Labute approximate surface area is 123 Å². The van der Waals surface area contributed by atoms with Crippen LogP contribution >= 0.6 is 0 Å². The van der Waals surface area contributed by atoms with Gasteiger partial charge in [0.2, 0.25) is 5.91 Å². The predicted molar refractivity (Wildman–Crippen MR) is 74.1 cm³/mol. The van der Waals surface area contributed by atoms with Gasteiger partial charge in [-0.1, -0.05) is 0 Å². The molecule has 1 aliphatic heterocycles. The van der Waals surface area contributed by atoms with Gasteiger partial charge in [-0.05, 0) is 32.0 Å². The molecule has 0 saturated heterocycles. The molecule has 0 bridgehead atoms. The fraction of sp³-hybridized carbons (Fsp3) is 0.467. The lowest BCUT2D eigenvalue weighted by Crippen LogP contribution is -2.54. The van der Waals surface area contributed by atoms with Gasteiger partial charge in [0.25, 0.3) is 0 Å². The van der Waals surface area contributed by atoms with Crippen LogP contribution in [0.3, 0.4) is 0 Å². The van der Waals surface area contributed by atoms with Crippen molar-refractivity contribution in [3.8, 4) is 11.8 Å². The van der Waals surface area contributed by atoms with E-state index in [0.29, 0.717) is 16.9 Å². The van der Waals surface area contributed by atoms with Crippen LogP contribution in [-0.4, -0.2) is 34.9 Å². The van der Waals surface area contributed by atoms with Crippen molar-refractivity contribution in [1.29, 1.82) is 5.26 Å². The summed E-state index contributed by atoms with van der Waals surface area (Å²) in [6.07, 6.45) is -0.997. The summed E-state index contributed by atoms with van der Waals surface area (Å²) in [5.74, 6) is 0.185. The first-order chi connectivity index (χ1) is 9.81. The van der Waals surface area contributed by atoms with Crippen LogP contribution in [0.1, 0.15) is 37.9 Å². The van der Waals surface area contributed by atoms with Gasteiger partial charge in [-0.15, -0.1) is 0 Å². The van der Waals surface area contributed by atoms with Crippen molar-refractivity contribution in [2.24, 2.45) is 0 Å². The summed E-state index contributed by atoms with van der Waals surface area (Å²) in [6.45, 7) is 4.83. The Morgan fingerprint density at radius 2 is 2.19 bits per heavy atom. The van der Waals surface area contributed by atoms with Gasteiger partial charge < -0.3 is 9.84 Å². The Morgan fingerprint density at radius 3 is 2.71 bits per heavy atom. The van der Waals surface area contributed by atoms with Gasteiger partial charge >= 0.3 is 0 Å². The van der Waals surface area contributed by atoms with E-state index in [9.17, 15) is 9.90 Å². The average Bonchev–Trinajstić information content (AvgIpc) is 2.42. The molecule has 2 rings (SSSR count). The van der Waals surface area contributed by atoms with E-state index >= 15 is 0 Å². The molecule has 6 heteroatoms. The Balaban J connectivity index is 2.61. The third kappa shape index (κ3) is 2.58. The smallest absolute Gasteiger partial charge is 0.243 e. The minimum Gasteiger partial charge on any atom is -0.485 e. The summed E-state index contributed by atoms with van der Waals surface area (Å²) >= 11 is 0. The van der Waals surface area contributed by atoms with E-state index in [4.69, 9.17) is 14.8 Å². The van der Waals surface area contributed by atoms with Crippen LogP contribution in [0.5, 0.6) is 5.75 Å². The van der Waals surface area contributed by atoms with Crippen LogP contribution in [0.25, 0.3) is 0 Å². The first kappa shape index (κ1) is 15.3. The van der Waals surface area contributed by atoms with E-state index in [1.807, 2.05) is 6.07 Å². The number of hydrogen-bond acceptors (Lipinski definition) is 5. The Bertz CT molecular complexity index is 606. The van der Waals surface area contributed by atoms with E-state index in [1.54, 1.807) is 32.0 Å². The number of rotatable bonds is 2. The number of hydroxylamine groups is 2. The topological polar surface area (TPSA) is 82.8 Å². The fourth-order valence-electron chi connectivity index (χ4n) is 2.53. The molecule has 0 aromatic heterocycles. The summed E-state index contributed by atoms with van der Waals surface area (Å²) in [5, 5.41) is 20.7. The van der Waals surface area contributed by atoms with Gasteiger partial charge in [0, 0.05) is 12.5 Å².